The molecule has 2 heterocycles. The Morgan fingerprint density at radius 3 is 3.00 bits per heavy atom. The molecule has 2 aliphatic rings. The third-order valence-electron chi connectivity index (χ3n) is 4.35. The Kier molecular flexibility index (Phi) is 3.12. The number of rotatable bonds is 4. The maximum Gasteiger partial charge on any atom is 0.128 e. The molecule has 0 radical (unpaired) electrons. The number of hydrogen-bond acceptors (Lipinski definition) is 2. The van der Waals surface area contributed by atoms with E-state index in [0.717, 1.165) is 25.7 Å². The first kappa shape index (κ1) is 12.1. The summed E-state index contributed by atoms with van der Waals surface area (Å²) in [6, 6.07) is 6.80. The Balaban J connectivity index is 1.66. The number of fused-ring (bicyclic) bond motifs is 2. The zero-order chi connectivity index (χ0) is 12.6. The van der Waals surface area contributed by atoms with Crippen molar-refractivity contribution in [2.45, 2.75) is 57.0 Å². The quantitative estimate of drug-likeness (QED) is 0.815. The van der Waals surface area contributed by atoms with Gasteiger partial charge in [-0.3, -0.25) is 0 Å². The van der Waals surface area contributed by atoms with Gasteiger partial charge in [-0.05, 0) is 25.3 Å². The minimum Gasteiger partial charge on any atom is -0.370 e. The van der Waals surface area contributed by atoms with E-state index in [2.05, 4.69) is 6.92 Å². The van der Waals surface area contributed by atoms with Gasteiger partial charge in [0.05, 0.1) is 24.4 Å². The van der Waals surface area contributed by atoms with Gasteiger partial charge in [-0.15, -0.1) is 0 Å². The van der Waals surface area contributed by atoms with E-state index in [1.807, 2.05) is 6.07 Å². The lowest BCUT2D eigenvalue weighted by atomic mass is 9.84. The van der Waals surface area contributed by atoms with Crippen molar-refractivity contribution in [3.63, 3.8) is 0 Å². The average molecular weight is 250 g/mol. The molecular weight excluding hydrogens is 231 g/mol. The molecular formula is C15H19FO2. The van der Waals surface area contributed by atoms with Crippen molar-refractivity contribution < 1.29 is 13.9 Å². The predicted molar refractivity (Wildman–Crippen MR) is 66.7 cm³/mol. The topological polar surface area (TPSA) is 18.5 Å². The van der Waals surface area contributed by atoms with Gasteiger partial charge in [0.2, 0.25) is 0 Å². The molecule has 3 unspecified atom stereocenters. The summed E-state index contributed by atoms with van der Waals surface area (Å²) in [6.07, 6.45) is 4.65. The van der Waals surface area contributed by atoms with Gasteiger partial charge in [0.25, 0.3) is 0 Å². The van der Waals surface area contributed by atoms with E-state index in [1.165, 1.54) is 6.07 Å². The van der Waals surface area contributed by atoms with E-state index >= 15 is 0 Å². The SMILES string of the molecule is CCC12CCC(CC1OCc1ccccc1F)O2. The van der Waals surface area contributed by atoms with Crippen LogP contribution in [0.2, 0.25) is 0 Å². The fourth-order valence-corrected chi connectivity index (χ4v) is 3.22. The zero-order valence-corrected chi connectivity index (χ0v) is 10.7. The smallest absolute Gasteiger partial charge is 0.128 e. The highest BCUT2D eigenvalue weighted by Gasteiger charge is 2.52. The number of hydrogen-bond donors (Lipinski definition) is 0. The molecule has 2 saturated heterocycles. The normalized spacial score (nSPS) is 34.1. The van der Waals surface area contributed by atoms with Gasteiger partial charge in [-0.1, -0.05) is 25.1 Å². The molecule has 98 valence electrons. The number of ether oxygens (including phenoxy) is 2. The first-order valence-electron chi connectivity index (χ1n) is 6.76. The van der Waals surface area contributed by atoms with Crippen molar-refractivity contribution in [1.82, 2.24) is 0 Å². The fraction of sp³-hybridized carbons (Fsp3) is 0.600. The van der Waals surface area contributed by atoms with Crippen LogP contribution in [-0.4, -0.2) is 17.8 Å². The second kappa shape index (κ2) is 4.63. The highest BCUT2D eigenvalue weighted by Crippen LogP contribution is 2.47. The summed E-state index contributed by atoms with van der Waals surface area (Å²) >= 11 is 0. The van der Waals surface area contributed by atoms with Gasteiger partial charge in [0.15, 0.2) is 0 Å². The number of benzene rings is 1. The molecule has 0 N–H and O–H groups in total. The average Bonchev–Trinajstić information content (AvgIpc) is 2.96. The Morgan fingerprint density at radius 2 is 2.28 bits per heavy atom. The van der Waals surface area contributed by atoms with Crippen LogP contribution >= 0.6 is 0 Å². The van der Waals surface area contributed by atoms with Crippen molar-refractivity contribution in [1.29, 1.82) is 0 Å². The van der Waals surface area contributed by atoms with E-state index in [0.29, 0.717) is 18.3 Å². The molecule has 3 rings (SSSR count). The lowest BCUT2D eigenvalue weighted by Gasteiger charge is -2.31. The standard InChI is InChI=1S/C15H19FO2/c1-2-15-8-7-12(18-15)9-14(15)17-10-11-5-3-4-6-13(11)16/h3-6,12,14H,2,7-10H2,1H3. The van der Waals surface area contributed by atoms with Crippen LogP contribution in [0.1, 0.15) is 38.2 Å². The molecule has 0 spiro atoms. The molecule has 2 nitrogen and oxygen atoms in total. The molecule has 2 bridgehead atoms. The summed E-state index contributed by atoms with van der Waals surface area (Å²) in [5, 5.41) is 0. The molecule has 0 amide bonds. The van der Waals surface area contributed by atoms with E-state index in [9.17, 15) is 4.39 Å². The third kappa shape index (κ3) is 1.95. The van der Waals surface area contributed by atoms with E-state index < -0.39 is 0 Å². The molecule has 0 aromatic heterocycles. The second-order valence-corrected chi connectivity index (χ2v) is 5.32. The van der Waals surface area contributed by atoms with Crippen molar-refractivity contribution in [3.05, 3.63) is 35.6 Å². The minimum atomic E-state index is -0.188. The van der Waals surface area contributed by atoms with Crippen LogP contribution < -0.4 is 0 Å². The zero-order valence-electron chi connectivity index (χ0n) is 10.7. The molecule has 0 aliphatic carbocycles. The minimum absolute atomic E-state index is 0.101. The van der Waals surface area contributed by atoms with Gasteiger partial charge < -0.3 is 9.47 Å². The molecule has 0 saturated carbocycles. The van der Waals surface area contributed by atoms with Crippen LogP contribution in [0.15, 0.2) is 24.3 Å². The second-order valence-electron chi connectivity index (χ2n) is 5.32. The molecule has 3 atom stereocenters. The highest BCUT2D eigenvalue weighted by atomic mass is 19.1. The fourth-order valence-electron chi connectivity index (χ4n) is 3.22. The van der Waals surface area contributed by atoms with Gasteiger partial charge in [0, 0.05) is 12.0 Å². The van der Waals surface area contributed by atoms with Gasteiger partial charge in [-0.2, -0.15) is 0 Å². The van der Waals surface area contributed by atoms with E-state index in [-0.39, 0.29) is 17.5 Å². The molecule has 1 aromatic carbocycles. The van der Waals surface area contributed by atoms with E-state index in [1.54, 1.807) is 12.1 Å². The van der Waals surface area contributed by atoms with Crippen molar-refractivity contribution in [2.24, 2.45) is 0 Å². The predicted octanol–water partition coefficient (Wildman–Crippen LogP) is 3.44. The summed E-state index contributed by atoms with van der Waals surface area (Å²) in [5.74, 6) is -0.188. The molecule has 3 heteroatoms. The van der Waals surface area contributed by atoms with Crippen molar-refractivity contribution in [3.8, 4) is 0 Å². The van der Waals surface area contributed by atoms with Crippen LogP contribution in [0.3, 0.4) is 0 Å². The van der Waals surface area contributed by atoms with E-state index in [4.69, 9.17) is 9.47 Å². The van der Waals surface area contributed by atoms with Crippen LogP contribution in [0.5, 0.6) is 0 Å². The summed E-state index contributed by atoms with van der Waals surface area (Å²) < 4.78 is 25.5. The third-order valence-corrected chi connectivity index (χ3v) is 4.35. The van der Waals surface area contributed by atoms with Crippen LogP contribution in [0, 0.1) is 5.82 Å². The first-order chi connectivity index (χ1) is 8.73. The Labute approximate surface area is 107 Å². The van der Waals surface area contributed by atoms with Gasteiger partial charge in [0.1, 0.15) is 5.82 Å². The molecule has 1 aromatic rings. The first-order valence-corrected chi connectivity index (χ1v) is 6.76. The summed E-state index contributed by atoms with van der Waals surface area (Å²) in [6.45, 7) is 2.49. The molecule has 18 heavy (non-hydrogen) atoms. The van der Waals surface area contributed by atoms with Crippen LogP contribution in [-0.2, 0) is 16.1 Å². The van der Waals surface area contributed by atoms with Crippen LogP contribution in [0.4, 0.5) is 4.39 Å². The Hall–Kier alpha value is -0.930. The Bertz CT molecular complexity index is 434. The van der Waals surface area contributed by atoms with Crippen molar-refractivity contribution >= 4 is 0 Å². The maximum absolute atomic E-state index is 13.5. The number of halogens is 1. The van der Waals surface area contributed by atoms with Crippen molar-refractivity contribution in [2.75, 3.05) is 0 Å². The monoisotopic (exact) mass is 250 g/mol. The highest BCUT2D eigenvalue weighted by molar-refractivity contribution is 5.16. The Morgan fingerprint density at radius 1 is 1.44 bits per heavy atom. The molecule has 2 fully saturated rings. The summed E-state index contributed by atoms with van der Waals surface area (Å²) in [7, 11) is 0. The maximum atomic E-state index is 13.5. The molecule has 2 aliphatic heterocycles. The van der Waals surface area contributed by atoms with Gasteiger partial charge >= 0.3 is 0 Å². The lowest BCUT2D eigenvalue weighted by Crippen LogP contribution is -2.39. The largest absolute Gasteiger partial charge is 0.370 e. The lowest BCUT2D eigenvalue weighted by molar-refractivity contribution is -0.0836. The van der Waals surface area contributed by atoms with Gasteiger partial charge in [-0.25, -0.2) is 4.39 Å². The summed E-state index contributed by atoms with van der Waals surface area (Å²) in [5.41, 5.74) is 0.530. The summed E-state index contributed by atoms with van der Waals surface area (Å²) in [4.78, 5) is 0. The van der Waals surface area contributed by atoms with Crippen LogP contribution in [0.25, 0.3) is 0 Å².